The van der Waals surface area contributed by atoms with Crippen molar-refractivity contribution < 1.29 is 18.7 Å². The number of furan rings is 1. The Hall–Kier alpha value is -2.86. The Bertz CT molecular complexity index is 1070. The van der Waals surface area contributed by atoms with Gasteiger partial charge in [-0.3, -0.25) is 4.79 Å². The van der Waals surface area contributed by atoms with Crippen LogP contribution >= 0.6 is 11.3 Å². The van der Waals surface area contributed by atoms with Crippen molar-refractivity contribution in [2.45, 2.75) is 47.6 Å². The number of hydrogen-bond acceptors (Lipinski definition) is 5. The molecule has 0 unspecified atom stereocenters. The number of hydrogen-bond donors (Lipinski definition) is 1. The van der Waals surface area contributed by atoms with Crippen molar-refractivity contribution in [1.29, 1.82) is 0 Å². The summed E-state index contributed by atoms with van der Waals surface area (Å²) in [6, 6.07) is 7.79. The van der Waals surface area contributed by atoms with Gasteiger partial charge in [-0.15, -0.1) is 11.3 Å². The molecular formula is C23H25NO4S. The molecule has 0 atom stereocenters. The molecular weight excluding hydrogens is 386 g/mol. The molecule has 0 aliphatic carbocycles. The van der Waals surface area contributed by atoms with Crippen LogP contribution in [0.3, 0.4) is 0 Å². The molecule has 2 aromatic heterocycles. The van der Waals surface area contributed by atoms with Crippen molar-refractivity contribution in [2.75, 3.05) is 5.32 Å². The highest BCUT2D eigenvalue weighted by atomic mass is 32.1. The highest BCUT2D eigenvalue weighted by molar-refractivity contribution is 7.15. The molecule has 1 amide bonds. The molecule has 0 bridgehead atoms. The number of thiophene rings is 1. The van der Waals surface area contributed by atoms with Crippen LogP contribution in [0.4, 0.5) is 5.00 Å². The second-order valence-electron chi connectivity index (χ2n) is 7.41. The minimum atomic E-state index is -0.451. The fraction of sp³-hybridized carbons (Fsp3) is 0.304. The highest BCUT2D eigenvalue weighted by Crippen LogP contribution is 2.38. The topological polar surface area (TPSA) is 68.5 Å². The third kappa shape index (κ3) is 4.43. The molecule has 0 saturated carbocycles. The first-order valence-corrected chi connectivity index (χ1v) is 10.3. The average Bonchev–Trinajstić information content (AvgIpc) is 3.19. The van der Waals surface area contributed by atoms with Gasteiger partial charge in [-0.05, 0) is 58.7 Å². The third-order valence-electron chi connectivity index (χ3n) is 4.53. The Morgan fingerprint density at radius 1 is 1.07 bits per heavy atom. The molecule has 5 nitrogen and oxygen atoms in total. The third-order valence-corrected chi connectivity index (χ3v) is 5.43. The number of carbonyl (C=O) groups is 2. The number of amides is 1. The van der Waals surface area contributed by atoms with Gasteiger partial charge in [-0.25, -0.2) is 4.79 Å². The van der Waals surface area contributed by atoms with E-state index in [0.29, 0.717) is 27.6 Å². The van der Waals surface area contributed by atoms with Gasteiger partial charge in [0.15, 0.2) is 0 Å². The zero-order valence-corrected chi connectivity index (χ0v) is 18.3. The lowest BCUT2D eigenvalue weighted by Crippen LogP contribution is -2.17. The van der Waals surface area contributed by atoms with Gasteiger partial charge in [0.2, 0.25) is 0 Å². The summed E-state index contributed by atoms with van der Waals surface area (Å²) >= 11 is 1.31. The number of esters is 1. The van der Waals surface area contributed by atoms with E-state index in [4.69, 9.17) is 9.15 Å². The Balaban J connectivity index is 2.06. The van der Waals surface area contributed by atoms with E-state index in [-0.39, 0.29) is 12.0 Å². The summed E-state index contributed by atoms with van der Waals surface area (Å²) in [6.45, 7) is 11.1. The Kier molecular flexibility index (Phi) is 5.94. The van der Waals surface area contributed by atoms with Crippen LogP contribution in [0.25, 0.3) is 11.1 Å². The molecule has 0 aliphatic rings. The Morgan fingerprint density at radius 3 is 2.41 bits per heavy atom. The normalized spacial score (nSPS) is 11.0. The molecule has 3 rings (SSSR count). The lowest BCUT2D eigenvalue weighted by atomic mass is 9.97. The summed E-state index contributed by atoms with van der Waals surface area (Å²) in [7, 11) is 0. The summed E-state index contributed by atoms with van der Waals surface area (Å²) in [5, 5.41) is 5.24. The van der Waals surface area contributed by atoms with Crippen LogP contribution in [-0.2, 0) is 4.74 Å². The molecule has 29 heavy (non-hydrogen) atoms. The first-order valence-electron chi connectivity index (χ1n) is 9.45. The van der Waals surface area contributed by atoms with Crippen molar-refractivity contribution in [3.05, 3.63) is 63.4 Å². The zero-order chi connectivity index (χ0) is 21.3. The van der Waals surface area contributed by atoms with Gasteiger partial charge in [0, 0.05) is 10.9 Å². The molecule has 0 spiro atoms. The number of carbonyl (C=O) groups excluding carboxylic acids is 2. The summed E-state index contributed by atoms with van der Waals surface area (Å²) in [5.74, 6) is 0.437. The lowest BCUT2D eigenvalue weighted by molar-refractivity contribution is 0.0380. The van der Waals surface area contributed by atoms with Crippen LogP contribution in [0.5, 0.6) is 0 Å². The monoisotopic (exact) mass is 411 g/mol. The van der Waals surface area contributed by atoms with Crippen LogP contribution in [0, 0.1) is 27.7 Å². The number of anilines is 1. The maximum Gasteiger partial charge on any atom is 0.342 e. The molecule has 0 saturated heterocycles. The van der Waals surface area contributed by atoms with E-state index < -0.39 is 5.97 Å². The molecule has 6 heteroatoms. The van der Waals surface area contributed by atoms with Gasteiger partial charge in [0.05, 0.1) is 11.7 Å². The second kappa shape index (κ2) is 8.25. The molecule has 3 aromatic rings. The van der Waals surface area contributed by atoms with Crippen molar-refractivity contribution in [3.8, 4) is 11.1 Å². The number of benzene rings is 1. The smallest absolute Gasteiger partial charge is 0.342 e. The van der Waals surface area contributed by atoms with E-state index in [1.54, 1.807) is 33.8 Å². The van der Waals surface area contributed by atoms with Gasteiger partial charge < -0.3 is 14.5 Å². The average molecular weight is 412 g/mol. The number of nitrogens with one attached hydrogen (secondary N) is 1. The van der Waals surface area contributed by atoms with Crippen LogP contribution in [0.1, 0.15) is 57.2 Å². The quantitative estimate of drug-likeness (QED) is 0.518. The summed E-state index contributed by atoms with van der Waals surface area (Å²) in [5.41, 5.74) is 4.68. The molecule has 1 N–H and O–H groups in total. The van der Waals surface area contributed by atoms with E-state index in [2.05, 4.69) is 5.32 Å². The van der Waals surface area contributed by atoms with E-state index in [0.717, 1.165) is 22.3 Å². The first-order chi connectivity index (χ1) is 13.7. The predicted octanol–water partition coefficient (Wildman–Crippen LogP) is 6.06. The number of ether oxygens (including phenoxy) is 1. The van der Waals surface area contributed by atoms with Crippen molar-refractivity contribution in [3.63, 3.8) is 0 Å². The van der Waals surface area contributed by atoms with Crippen LogP contribution in [0.15, 0.2) is 34.1 Å². The van der Waals surface area contributed by atoms with E-state index >= 15 is 0 Å². The van der Waals surface area contributed by atoms with E-state index in [9.17, 15) is 9.59 Å². The SMILES string of the molecule is Cc1ccc(C)c(-c2csc(NC(=O)c3cc(C)oc3C)c2C(=O)OC(C)C)c1. The van der Waals surface area contributed by atoms with Gasteiger partial charge in [-0.2, -0.15) is 0 Å². The van der Waals surface area contributed by atoms with E-state index in [1.165, 1.54) is 11.3 Å². The van der Waals surface area contributed by atoms with Gasteiger partial charge in [0.1, 0.15) is 22.1 Å². The van der Waals surface area contributed by atoms with Crippen molar-refractivity contribution in [1.82, 2.24) is 0 Å². The number of rotatable bonds is 5. The second-order valence-corrected chi connectivity index (χ2v) is 8.29. The first kappa shape index (κ1) is 20.9. The lowest BCUT2D eigenvalue weighted by Gasteiger charge is -2.13. The highest BCUT2D eigenvalue weighted by Gasteiger charge is 2.25. The van der Waals surface area contributed by atoms with Crippen molar-refractivity contribution in [2.24, 2.45) is 0 Å². The molecule has 0 radical (unpaired) electrons. The van der Waals surface area contributed by atoms with Gasteiger partial charge in [0.25, 0.3) is 5.91 Å². The van der Waals surface area contributed by atoms with Crippen LogP contribution in [-0.4, -0.2) is 18.0 Å². The fourth-order valence-electron chi connectivity index (χ4n) is 3.18. The summed E-state index contributed by atoms with van der Waals surface area (Å²) in [4.78, 5) is 25.7. The van der Waals surface area contributed by atoms with Crippen molar-refractivity contribution >= 4 is 28.2 Å². The summed E-state index contributed by atoms with van der Waals surface area (Å²) in [6.07, 6.45) is -0.267. The van der Waals surface area contributed by atoms with Gasteiger partial charge >= 0.3 is 5.97 Å². The number of aryl methyl sites for hydroxylation is 4. The predicted molar refractivity (Wildman–Crippen MR) is 116 cm³/mol. The molecule has 2 heterocycles. The molecule has 1 aromatic carbocycles. The molecule has 0 aliphatic heterocycles. The molecule has 0 fully saturated rings. The van der Waals surface area contributed by atoms with Crippen LogP contribution in [0.2, 0.25) is 0 Å². The van der Waals surface area contributed by atoms with Gasteiger partial charge in [-0.1, -0.05) is 23.8 Å². The Labute approximate surface area is 174 Å². The minimum Gasteiger partial charge on any atom is -0.466 e. The maximum atomic E-state index is 12.9. The van der Waals surface area contributed by atoms with Crippen LogP contribution < -0.4 is 5.32 Å². The zero-order valence-electron chi connectivity index (χ0n) is 17.5. The largest absolute Gasteiger partial charge is 0.466 e. The molecule has 152 valence electrons. The Morgan fingerprint density at radius 2 is 1.79 bits per heavy atom. The van der Waals surface area contributed by atoms with E-state index in [1.807, 2.05) is 37.4 Å². The fourth-order valence-corrected chi connectivity index (χ4v) is 4.12. The summed E-state index contributed by atoms with van der Waals surface area (Å²) < 4.78 is 10.9. The minimum absolute atomic E-state index is 0.267. The maximum absolute atomic E-state index is 12.9. The standard InChI is InChI=1S/C23H25NO4S/c1-12(2)27-23(26)20-19(17-9-13(3)7-8-14(17)4)11-29-22(20)24-21(25)18-10-15(5)28-16(18)6/h7-12H,1-6H3,(H,24,25).